The third kappa shape index (κ3) is 4.19. The first kappa shape index (κ1) is 20.8. The van der Waals surface area contributed by atoms with Gasteiger partial charge < -0.3 is 14.8 Å². The molecule has 2 aliphatic rings. The van der Waals surface area contributed by atoms with Crippen LogP contribution in [0.4, 0.5) is 19.1 Å². The Kier molecular flexibility index (Phi) is 5.77. The molecule has 3 heterocycles. The average molecular weight is 425 g/mol. The van der Waals surface area contributed by atoms with Crippen molar-refractivity contribution in [2.75, 3.05) is 32.6 Å². The van der Waals surface area contributed by atoms with Crippen LogP contribution in [0.15, 0.2) is 24.5 Å². The second-order valence-electron chi connectivity index (χ2n) is 7.89. The lowest BCUT2D eigenvalue weighted by Crippen LogP contribution is -2.47. The molecule has 164 valence electrons. The molecule has 1 N–H and O–H groups in total. The summed E-state index contributed by atoms with van der Waals surface area (Å²) in [5, 5.41) is 6.97. The highest BCUT2D eigenvalue weighted by atomic mass is 19.4. The summed E-state index contributed by atoms with van der Waals surface area (Å²) in [6, 6.07) is 3.78. The summed E-state index contributed by atoms with van der Waals surface area (Å²) in [4.78, 5) is 6.27. The van der Waals surface area contributed by atoms with Gasteiger partial charge in [-0.25, -0.2) is 4.68 Å². The number of benzene rings is 1. The van der Waals surface area contributed by atoms with Gasteiger partial charge in [-0.2, -0.15) is 23.3 Å². The molecule has 0 unspecified atom stereocenters. The summed E-state index contributed by atoms with van der Waals surface area (Å²) < 4.78 is 52.5. The van der Waals surface area contributed by atoms with E-state index in [-0.39, 0.29) is 24.3 Å². The number of ether oxygens (including phenoxy) is 2. The lowest BCUT2D eigenvalue weighted by atomic mass is 9.86. The number of hydrogen-bond acceptors (Lipinski definition) is 6. The molecule has 1 aromatic carbocycles. The van der Waals surface area contributed by atoms with E-state index in [0.29, 0.717) is 13.1 Å². The molecule has 1 aromatic heterocycles. The number of nitrogens with one attached hydrogen (secondary N) is 1. The Morgan fingerprint density at radius 3 is 2.80 bits per heavy atom. The predicted molar refractivity (Wildman–Crippen MR) is 105 cm³/mol. The number of piperidine rings is 1. The lowest BCUT2D eigenvalue weighted by molar-refractivity contribution is -0.174. The molecule has 2 aliphatic heterocycles. The molecule has 30 heavy (non-hydrogen) atoms. The van der Waals surface area contributed by atoms with Gasteiger partial charge in [-0.3, -0.25) is 4.90 Å². The van der Waals surface area contributed by atoms with Crippen molar-refractivity contribution in [2.45, 2.75) is 44.1 Å². The molecule has 10 heteroatoms. The van der Waals surface area contributed by atoms with Gasteiger partial charge in [0, 0.05) is 30.8 Å². The minimum absolute atomic E-state index is 0.0375. The number of halogens is 3. The fourth-order valence-corrected chi connectivity index (χ4v) is 4.52. The van der Waals surface area contributed by atoms with Crippen molar-refractivity contribution < 1.29 is 22.6 Å². The molecule has 0 bridgehead atoms. The summed E-state index contributed by atoms with van der Waals surface area (Å²) in [5.41, 5.74) is 1.03. The fourth-order valence-electron chi connectivity index (χ4n) is 4.52. The summed E-state index contributed by atoms with van der Waals surface area (Å²) in [6.45, 7) is 2.29. The Labute approximate surface area is 173 Å². The number of hydrogen-bond donors (Lipinski definition) is 1. The number of rotatable bonds is 5. The zero-order valence-electron chi connectivity index (χ0n) is 17.0. The van der Waals surface area contributed by atoms with E-state index in [0.717, 1.165) is 41.1 Å². The highest BCUT2D eigenvalue weighted by molar-refractivity contribution is 5.40. The van der Waals surface area contributed by atoms with Crippen molar-refractivity contribution in [1.29, 1.82) is 0 Å². The maximum atomic E-state index is 13.6. The Morgan fingerprint density at radius 2 is 2.07 bits per heavy atom. The van der Waals surface area contributed by atoms with Gasteiger partial charge in [0.1, 0.15) is 17.8 Å². The van der Waals surface area contributed by atoms with Gasteiger partial charge in [0.25, 0.3) is 0 Å². The monoisotopic (exact) mass is 425 g/mol. The maximum absolute atomic E-state index is 13.6. The van der Waals surface area contributed by atoms with Gasteiger partial charge in [0.2, 0.25) is 5.95 Å². The first-order valence-electron chi connectivity index (χ1n) is 10.0. The van der Waals surface area contributed by atoms with Gasteiger partial charge in [0.15, 0.2) is 6.04 Å². The van der Waals surface area contributed by atoms with E-state index in [9.17, 15) is 13.2 Å². The highest BCUT2D eigenvalue weighted by Crippen LogP contribution is 2.41. The molecular weight excluding hydrogens is 399 g/mol. The van der Waals surface area contributed by atoms with Crippen LogP contribution in [0.25, 0.3) is 0 Å². The van der Waals surface area contributed by atoms with Crippen LogP contribution in [-0.2, 0) is 6.54 Å². The molecule has 1 fully saturated rings. The zero-order chi connectivity index (χ0) is 21.3. The van der Waals surface area contributed by atoms with Gasteiger partial charge in [-0.15, -0.1) is 0 Å². The average Bonchev–Trinajstić information content (AvgIpc) is 3.21. The van der Waals surface area contributed by atoms with Gasteiger partial charge in [0.05, 0.1) is 14.2 Å². The van der Waals surface area contributed by atoms with E-state index in [1.807, 2.05) is 18.2 Å². The number of nitrogens with zero attached hydrogens (tertiary/aromatic N) is 4. The van der Waals surface area contributed by atoms with Crippen molar-refractivity contribution in [3.63, 3.8) is 0 Å². The van der Waals surface area contributed by atoms with Gasteiger partial charge in [-0.05, 0) is 37.8 Å². The van der Waals surface area contributed by atoms with Crippen LogP contribution in [0.3, 0.4) is 0 Å². The normalized spacial score (nSPS) is 24.8. The number of anilines is 1. The van der Waals surface area contributed by atoms with Crippen molar-refractivity contribution >= 4 is 5.95 Å². The molecule has 0 aliphatic carbocycles. The number of methoxy groups -OCH3 is 2. The van der Waals surface area contributed by atoms with Crippen LogP contribution < -0.4 is 14.8 Å². The van der Waals surface area contributed by atoms with Crippen LogP contribution in [0.1, 0.15) is 30.9 Å². The molecule has 0 radical (unpaired) electrons. The van der Waals surface area contributed by atoms with Crippen LogP contribution >= 0.6 is 0 Å². The molecular formula is C20H26F3N5O2. The second kappa shape index (κ2) is 8.33. The molecule has 0 spiro atoms. The first-order valence-corrected chi connectivity index (χ1v) is 10.0. The number of alkyl halides is 3. The fraction of sp³-hybridized carbons (Fsp3) is 0.600. The molecule has 1 saturated heterocycles. The number of aromatic nitrogens is 3. The smallest absolute Gasteiger partial charge is 0.411 e. The van der Waals surface area contributed by atoms with Crippen LogP contribution in [0, 0.1) is 5.92 Å². The summed E-state index contributed by atoms with van der Waals surface area (Å²) >= 11 is 0. The summed E-state index contributed by atoms with van der Waals surface area (Å²) in [5.74, 6) is 1.76. The molecule has 2 aromatic rings. The highest BCUT2D eigenvalue weighted by Gasteiger charge is 2.48. The summed E-state index contributed by atoms with van der Waals surface area (Å²) in [7, 11) is 3.23. The van der Waals surface area contributed by atoms with Gasteiger partial charge >= 0.3 is 6.18 Å². The Balaban J connectivity index is 1.47. The molecule has 4 rings (SSSR count). The quantitative estimate of drug-likeness (QED) is 0.791. The topological polar surface area (TPSA) is 64.4 Å². The van der Waals surface area contributed by atoms with Crippen molar-refractivity contribution in [3.8, 4) is 11.5 Å². The molecule has 0 saturated carbocycles. The standard InChI is InChI=1S/C20H26F3N5O2/c1-29-15-6-5-14(17(8-15)30-2)11-27-7-3-4-13(10-27)16-9-18(20(21,22)23)28-19(26-16)24-12-25-28/h5-6,8,12-13,16,18H,3-4,7,9-11H2,1-2H3,(H,24,25,26)/t13-,16-,18+/m0/s1. The molecule has 0 amide bonds. The predicted octanol–water partition coefficient (Wildman–Crippen LogP) is 3.50. The van der Waals surface area contributed by atoms with Crippen molar-refractivity contribution in [1.82, 2.24) is 19.7 Å². The molecule has 3 atom stereocenters. The van der Waals surface area contributed by atoms with Crippen LogP contribution in [0.5, 0.6) is 11.5 Å². The van der Waals surface area contributed by atoms with E-state index in [2.05, 4.69) is 20.3 Å². The van der Waals surface area contributed by atoms with E-state index in [4.69, 9.17) is 9.47 Å². The second-order valence-corrected chi connectivity index (χ2v) is 7.89. The maximum Gasteiger partial charge on any atom is 0.411 e. The van der Waals surface area contributed by atoms with Crippen molar-refractivity contribution in [2.24, 2.45) is 5.92 Å². The minimum Gasteiger partial charge on any atom is -0.497 e. The Hall–Kier alpha value is -2.49. The van der Waals surface area contributed by atoms with Crippen LogP contribution in [0.2, 0.25) is 0 Å². The van der Waals surface area contributed by atoms with E-state index in [1.165, 1.54) is 6.33 Å². The van der Waals surface area contributed by atoms with E-state index < -0.39 is 12.2 Å². The molecule has 7 nitrogen and oxygen atoms in total. The lowest BCUT2D eigenvalue weighted by Gasteiger charge is -2.41. The van der Waals surface area contributed by atoms with Crippen LogP contribution in [-0.4, -0.2) is 59.2 Å². The van der Waals surface area contributed by atoms with Crippen molar-refractivity contribution in [3.05, 3.63) is 30.1 Å². The SMILES string of the molecule is COc1ccc(CN2CCC[C@H]([C@@H]3C[C@H](C(F)(F)F)n4ncnc4N3)C2)c(OC)c1. The minimum atomic E-state index is -4.35. The first-order chi connectivity index (χ1) is 14.4. The largest absolute Gasteiger partial charge is 0.497 e. The Bertz CT molecular complexity index is 872. The third-order valence-corrected chi connectivity index (χ3v) is 6.04. The Morgan fingerprint density at radius 1 is 1.23 bits per heavy atom. The third-order valence-electron chi connectivity index (χ3n) is 6.04. The van der Waals surface area contributed by atoms with E-state index >= 15 is 0 Å². The number of fused-ring (bicyclic) bond motifs is 1. The number of likely N-dealkylation sites (tertiary alicyclic amines) is 1. The van der Waals surface area contributed by atoms with Gasteiger partial charge in [-0.1, -0.05) is 6.07 Å². The summed E-state index contributed by atoms with van der Waals surface area (Å²) in [6.07, 6.45) is -1.40. The zero-order valence-corrected chi connectivity index (χ0v) is 17.0. The van der Waals surface area contributed by atoms with E-state index in [1.54, 1.807) is 14.2 Å².